The highest BCUT2D eigenvalue weighted by Crippen LogP contribution is 2.42. The van der Waals surface area contributed by atoms with E-state index in [9.17, 15) is 26.4 Å². The van der Waals surface area contributed by atoms with Gasteiger partial charge in [-0.3, -0.25) is 19.4 Å². The van der Waals surface area contributed by atoms with Gasteiger partial charge in [0, 0.05) is 26.8 Å². The van der Waals surface area contributed by atoms with E-state index >= 15 is 0 Å². The van der Waals surface area contributed by atoms with E-state index in [1.165, 1.54) is 12.3 Å². The molecule has 5 rings (SSSR count). The molecule has 0 bridgehead atoms. The Bertz CT molecular complexity index is 1380. The van der Waals surface area contributed by atoms with E-state index in [1.807, 2.05) is 11.7 Å². The molecule has 38 heavy (non-hydrogen) atoms. The summed E-state index contributed by atoms with van der Waals surface area (Å²) in [4.78, 5) is 21.2. The Labute approximate surface area is 221 Å². The van der Waals surface area contributed by atoms with Crippen molar-refractivity contribution in [2.45, 2.75) is 75.4 Å². The van der Waals surface area contributed by atoms with Crippen LogP contribution in [0.3, 0.4) is 0 Å². The van der Waals surface area contributed by atoms with Gasteiger partial charge in [0.05, 0.1) is 40.1 Å². The smallest absolute Gasteiger partial charge is 0.346 e. The number of carbonyl (C=O) groups is 1. The highest BCUT2D eigenvalue weighted by Gasteiger charge is 2.39. The molecule has 2 aliphatic carbocycles. The van der Waals surface area contributed by atoms with E-state index in [0.29, 0.717) is 35.5 Å². The average molecular weight is 554 g/mol. The Morgan fingerprint density at radius 2 is 1.82 bits per heavy atom. The number of hydrogen-bond acceptors (Lipinski definition) is 6. The van der Waals surface area contributed by atoms with Crippen LogP contribution in [0.4, 0.5) is 13.2 Å². The number of nitrogens with one attached hydrogen (secondary N) is 1. The number of fused-ring (bicyclic) bond motifs is 1. The molecule has 2 fully saturated rings. The molecule has 2 saturated carbocycles. The van der Waals surface area contributed by atoms with Crippen LogP contribution < -0.4 is 5.32 Å². The summed E-state index contributed by atoms with van der Waals surface area (Å²) in [5, 5.41) is 7.26. The standard InChI is InChI=1S/C19H21N5O3S.C7H11F3.H2/c1-3-28(26,27)15-7-6-14(20-11-15)10-22-19(25)13-8-16-17(21-9-13)18(12-4-5-12)24(2)23-16;8-7(9,10)6-4-2-1-3-5-6;/h6-9,11-12H,3-5,10H2,1-2H3,(H,22,25);6H,1-5H2;1H. The third-order valence-corrected chi connectivity index (χ3v) is 8.70. The average Bonchev–Trinajstić information content (AvgIpc) is 3.68. The Balaban J connectivity index is 0.000000324. The Morgan fingerprint density at radius 1 is 1.11 bits per heavy atom. The first kappa shape index (κ1) is 28.0. The van der Waals surface area contributed by atoms with Crippen molar-refractivity contribution in [2.75, 3.05) is 5.75 Å². The first-order chi connectivity index (χ1) is 18.0. The monoisotopic (exact) mass is 553 g/mol. The lowest BCUT2D eigenvalue weighted by Gasteiger charge is -2.23. The number of pyridine rings is 2. The van der Waals surface area contributed by atoms with Gasteiger partial charge in [-0.25, -0.2) is 8.42 Å². The van der Waals surface area contributed by atoms with Crippen LogP contribution in [-0.4, -0.2) is 46.0 Å². The fourth-order valence-corrected chi connectivity index (χ4v) is 5.42. The highest BCUT2D eigenvalue weighted by molar-refractivity contribution is 7.91. The van der Waals surface area contributed by atoms with Crippen molar-refractivity contribution in [3.8, 4) is 0 Å². The molecule has 208 valence electrons. The van der Waals surface area contributed by atoms with Crippen LogP contribution >= 0.6 is 0 Å². The zero-order valence-corrected chi connectivity index (χ0v) is 22.3. The van der Waals surface area contributed by atoms with Crippen LogP contribution in [0.2, 0.25) is 0 Å². The number of carbonyl (C=O) groups excluding carboxylic acids is 1. The summed E-state index contributed by atoms with van der Waals surface area (Å²) in [5.74, 6) is -0.731. The molecule has 0 unspecified atom stereocenters. The van der Waals surface area contributed by atoms with Crippen LogP contribution in [-0.2, 0) is 23.4 Å². The summed E-state index contributed by atoms with van der Waals surface area (Å²) >= 11 is 0. The van der Waals surface area contributed by atoms with Crippen LogP contribution in [0.5, 0.6) is 0 Å². The summed E-state index contributed by atoms with van der Waals surface area (Å²) in [7, 11) is -1.37. The van der Waals surface area contributed by atoms with E-state index in [0.717, 1.165) is 43.3 Å². The number of amides is 1. The Morgan fingerprint density at radius 3 is 2.37 bits per heavy atom. The molecular weight excluding hydrogens is 519 g/mol. The van der Waals surface area contributed by atoms with Crippen molar-refractivity contribution in [1.29, 1.82) is 0 Å². The van der Waals surface area contributed by atoms with Gasteiger partial charge in [0.2, 0.25) is 0 Å². The van der Waals surface area contributed by atoms with E-state index in [-0.39, 0.29) is 24.5 Å². The van der Waals surface area contributed by atoms with Crippen molar-refractivity contribution in [3.63, 3.8) is 0 Å². The number of aromatic nitrogens is 4. The maximum atomic E-state index is 12.5. The van der Waals surface area contributed by atoms with Gasteiger partial charge < -0.3 is 5.32 Å². The Kier molecular flexibility index (Phi) is 8.39. The van der Waals surface area contributed by atoms with Crippen molar-refractivity contribution < 1.29 is 27.8 Å². The van der Waals surface area contributed by atoms with Gasteiger partial charge in [0.25, 0.3) is 5.91 Å². The number of halogens is 3. The normalized spacial score (nSPS) is 16.7. The molecule has 3 aromatic heterocycles. The molecule has 3 heterocycles. The van der Waals surface area contributed by atoms with E-state index < -0.39 is 21.9 Å². The van der Waals surface area contributed by atoms with Gasteiger partial charge in [0.15, 0.2) is 9.84 Å². The summed E-state index contributed by atoms with van der Waals surface area (Å²) < 4.78 is 61.3. The molecular formula is C26H34F3N5O3S. The summed E-state index contributed by atoms with van der Waals surface area (Å²) in [6.07, 6.45) is 4.46. The summed E-state index contributed by atoms with van der Waals surface area (Å²) in [6.45, 7) is 1.78. The predicted molar refractivity (Wildman–Crippen MR) is 138 cm³/mol. The summed E-state index contributed by atoms with van der Waals surface area (Å²) in [5.41, 5.74) is 3.71. The molecule has 2 aliphatic rings. The molecule has 12 heteroatoms. The van der Waals surface area contributed by atoms with Crippen molar-refractivity contribution in [1.82, 2.24) is 25.1 Å². The maximum Gasteiger partial charge on any atom is 0.391 e. The Hall–Kier alpha value is -3.02. The number of nitrogens with zero attached hydrogens (tertiary/aromatic N) is 4. The number of rotatable bonds is 6. The highest BCUT2D eigenvalue weighted by atomic mass is 32.2. The quantitative estimate of drug-likeness (QED) is 0.442. The molecule has 0 atom stereocenters. The second-order valence-corrected chi connectivity index (χ2v) is 12.1. The van der Waals surface area contributed by atoms with Gasteiger partial charge in [-0.05, 0) is 43.9 Å². The van der Waals surface area contributed by atoms with Crippen LogP contribution in [0.25, 0.3) is 11.0 Å². The third-order valence-electron chi connectivity index (χ3n) is 6.98. The molecule has 1 N–H and O–H groups in total. The minimum atomic E-state index is -3.93. The number of alkyl halides is 3. The largest absolute Gasteiger partial charge is 0.391 e. The number of aryl methyl sites for hydroxylation is 1. The van der Waals surface area contributed by atoms with Gasteiger partial charge in [0.1, 0.15) is 11.0 Å². The fraction of sp³-hybridized carbons (Fsp3) is 0.538. The van der Waals surface area contributed by atoms with E-state index in [2.05, 4.69) is 20.4 Å². The zero-order chi connectivity index (χ0) is 27.5. The molecule has 0 radical (unpaired) electrons. The lowest BCUT2D eigenvalue weighted by atomic mass is 9.89. The first-order valence-electron chi connectivity index (χ1n) is 12.8. The van der Waals surface area contributed by atoms with Gasteiger partial charge in [-0.1, -0.05) is 26.2 Å². The van der Waals surface area contributed by atoms with Gasteiger partial charge in [-0.2, -0.15) is 18.3 Å². The molecule has 0 spiro atoms. The zero-order valence-electron chi connectivity index (χ0n) is 21.5. The number of sulfone groups is 1. The van der Waals surface area contributed by atoms with E-state index in [1.54, 1.807) is 25.3 Å². The molecule has 1 amide bonds. The van der Waals surface area contributed by atoms with Crippen LogP contribution in [0.15, 0.2) is 35.5 Å². The summed E-state index contributed by atoms with van der Waals surface area (Å²) in [6, 6.07) is 4.85. The van der Waals surface area contributed by atoms with Crippen LogP contribution in [0.1, 0.15) is 81.0 Å². The lowest BCUT2D eigenvalue weighted by Crippen LogP contribution is -2.24. The molecule has 0 saturated heterocycles. The SMILES string of the molecule is CCS(=O)(=O)c1ccc(CNC(=O)c2cnc3c(C4CC4)n(C)nc3c2)nc1.FC(F)(F)C1CCCCC1.[HH]. The van der Waals surface area contributed by atoms with E-state index in [4.69, 9.17) is 0 Å². The molecule has 8 nitrogen and oxygen atoms in total. The minimum Gasteiger partial charge on any atom is -0.346 e. The second-order valence-electron chi connectivity index (χ2n) is 9.82. The van der Waals surface area contributed by atoms with Crippen molar-refractivity contribution in [2.24, 2.45) is 13.0 Å². The lowest BCUT2D eigenvalue weighted by molar-refractivity contribution is -0.181. The molecule has 0 aliphatic heterocycles. The number of hydrogen-bond donors (Lipinski definition) is 1. The predicted octanol–water partition coefficient (Wildman–Crippen LogP) is 5.34. The maximum absolute atomic E-state index is 12.5. The molecule has 3 aromatic rings. The second kappa shape index (κ2) is 11.4. The molecule has 0 aromatic carbocycles. The van der Waals surface area contributed by atoms with Crippen molar-refractivity contribution >= 4 is 26.8 Å². The fourth-order valence-electron chi connectivity index (χ4n) is 4.60. The first-order valence-corrected chi connectivity index (χ1v) is 14.5. The van der Waals surface area contributed by atoms with Gasteiger partial charge >= 0.3 is 6.18 Å². The van der Waals surface area contributed by atoms with Gasteiger partial charge in [-0.15, -0.1) is 0 Å². The van der Waals surface area contributed by atoms with Crippen molar-refractivity contribution in [3.05, 3.63) is 47.5 Å². The minimum absolute atomic E-state index is 0. The van der Waals surface area contributed by atoms with Crippen LogP contribution in [0, 0.1) is 5.92 Å². The topological polar surface area (TPSA) is 107 Å². The third kappa shape index (κ3) is 6.69.